The summed E-state index contributed by atoms with van der Waals surface area (Å²) in [6, 6.07) is 13.2. The SMILES string of the molecule is O=C(NCc1ccc(Oc2cccnc2)c(F)c1)C1CC(=O)N(c2ccc3c(c2)OCCO3)C1. The van der Waals surface area contributed by atoms with Crippen molar-refractivity contribution in [2.45, 2.75) is 13.0 Å². The quantitative estimate of drug-likeness (QED) is 0.602. The minimum Gasteiger partial charge on any atom is -0.486 e. The zero-order chi connectivity index (χ0) is 23.5. The Labute approximate surface area is 195 Å². The smallest absolute Gasteiger partial charge is 0.227 e. The van der Waals surface area contributed by atoms with Crippen molar-refractivity contribution in [3.8, 4) is 23.0 Å². The van der Waals surface area contributed by atoms with Crippen LogP contribution in [0, 0.1) is 11.7 Å². The van der Waals surface area contributed by atoms with Gasteiger partial charge in [0.25, 0.3) is 0 Å². The van der Waals surface area contributed by atoms with Gasteiger partial charge >= 0.3 is 0 Å². The number of carbonyl (C=O) groups is 2. The molecule has 1 atom stereocenters. The summed E-state index contributed by atoms with van der Waals surface area (Å²) in [6.07, 6.45) is 3.19. The summed E-state index contributed by atoms with van der Waals surface area (Å²) in [5.41, 5.74) is 1.24. The summed E-state index contributed by atoms with van der Waals surface area (Å²) >= 11 is 0. The van der Waals surface area contributed by atoms with E-state index in [0.717, 1.165) is 0 Å². The molecule has 1 fully saturated rings. The molecule has 34 heavy (non-hydrogen) atoms. The molecule has 1 saturated heterocycles. The topological polar surface area (TPSA) is 90.0 Å². The lowest BCUT2D eigenvalue weighted by Gasteiger charge is -2.22. The standard InChI is InChI=1S/C25H22FN3O5/c26-20-10-16(3-5-21(20)34-19-2-1-7-27-14-19)13-28-25(31)17-11-24(30)29(15-17)18-4-6-22-23(12-18)33-9-8-32-22/h1-7,10,12,14,17H,8-9,11,13,15H2,(H,28,31). The fraction of sp³-hybridized carbons (Fsp3) is 0.240. The van der Waals surface area contributed by atoms with Crippen molar-refractivity contribution in [1.82, 2.24) is 10.3 Å². The van der Waals surface area contributed by atoms with Gasteiger partial charge in [0.2, 0.25) is 11.8 Å². The van der Waals surface area contributed by atoms with Gasteiger partial charge in [0.15, 0.2) is 23.1 Å². The molecule has 0 bridgehead atoms. The Morgan fingerprint density at radius 1 is 1.15 bits per heavy atom. The first-order valence-corrected chi connectivity index (χ1v) is 10.9. The van der Waals surface area contributed by atoms with Crippen LogP contribution >= 0.6 is 0 Å². The molecule has 174 valence electrons. The number of hydrogen-bond acceptors (Lipinski definition) is 6. The molecule has 0 aliphatic carbocycles. The predicted molar refractivity (Wildman–Crippen MR) is 120 cm³/mol. The van der Waals surface area contributed by atoms with E-state index in [0.29, 0.717) is 41.7 Å². The van der Waals surface area contributed by atoms with Gasteiger partial charge in [-0.2, -0.15) is 0 Å². The van der Waals surface area contributed by atoms with Gasteiger partial charge in [0.1, 0.15) is 19.0 Å². The minimum atomic E-state index is -0.545. The molecule has 0 saturated carbocycles. The largest absolute Gasteiger partial charge is 0.486 e. The number of nitrogens with zero attached hydrogens (tertiary/aromatic N) is 2. The van der Waals surface area contributed by atoms with Gasteiger partial charge < -0.3 is 24.4 Å². The van der Waals surface area contributed by atoms with Gasteiger partial charge in [-0.25, -0.2) is 4.39 Å². The summed E-state index contributed by atoms with van der Waals surface area (Å²) in [5.74, 6) is 0.275. The average molecular weight is 463 g/mol. The van der Waals surface area contributed by atoms with Gasteiger partial charge in [-0.3, -0.25) is 14.6 Å². The van der Waals surface area contributed by atoms with E-state index >= 15 is 0 Å². The number of benzene rings is 2. The van der Waals surface area contributed by atoms with E-state index < -0.39 is 11.7 Å². The maximum atomic E-state index is 14.4. The molecule has 2 amide bonds. The number of amides is 2. The Kier molecular flexibility index (Phi) is 5.99. The number of halogens is 1. The van der Waals surface area contributed by atoms with E-state index in [1.54, 1.807) is 47.5 Å². The molecule has 8 nitrogen and oxygen atoms in total. The number of anilines is 1. The molecular formula is C25H22FN3O5. The summed E-state index contributed by atoms with van der Waals surface area (Å²) in [7, 11) is 0. The summed E-state index contributed by atoms with van der Waals surface area (Å²) in [4.78, 5) is 30.8. The van der Waals surface area contributed by atoms with Gasteiger partial charge in [-0.15, -0.1) is 0 Å². The number of hydrogen-bond donors (Lipinski definition) is 1. The highest BCUT2D eigenvalue weighted by Gasteiger charge is 2.35. The van der Waals surface area contributed by atoms with Crippen LogP contribution in [0.25, 0.3) is 0 Å². The van der Waals surface area contributed by atoms with Crippen molar-refractivity contribution >= 4 is 17.5 Å². The lowest BCUT2D eigenvalue weighted by atomic mass is 10.1. The van der Waals surface area contributed by atoms with Crippen LogP contribution in [0.15, 0.2) is 60.9 Å². The molecule has 1 N–H and O–H groups in total. The molecule has 2 aliphatic heterocycles. The van der Waals surface area contributed by atoms with E-state index in [9.17, 15) is 14.0 Å². The van der Waals surface area contributed by atoms with Crippen LogP contribution in [0.4, 0.5) is 10.1 Å². The van der Waals surface area contributed by atoms with E-state index in [2.05, 4.69) is 10.3 Å². The van der Waals surface area contributed by atoms with Crippen LogP contribution in [0.3, 0.4) is 0 Å². The Hall–Kier alpha value is -4.14. The lowest BCUT2D eigenvalue weighted by Crippen LogP contribution is -2.32. The van der Waals surface area contributed by atoms with Crippen molar-refractivity contribution in [1.29, 1.82) is 0 Å². The maximum Gasteiger partial charge on any atom is 0.227 e. The number of ether oxygens (including phenoxy) is 3. The van der Waals surface area contributed by atoms with Gasteiger partial charge in [0, 0.05) is 37.5 Å². The van der Waals surface area contributed by atoms with Crippen molar-refractivity contribution in [2.24, 2.45) is 5.92 Å². The van der Waals surface area contributed by atoms with Crippen LogP contribution in [-0.2, 0) is 16.1 Å². The first-order chi connectivity index (χ1) is 16.6. The molecule has 1 aromatic heterocycles. The zero-order valence-electron chi connectivity index (χ0n) is 18.2. The van der Waals surface area contributed by atoms with E-state index in [4.69, 9.17) is 14.2 Å². The van der Waals surface area contributed by atoms with Crippen molar-refractivity contribution in [3.63, 3.8) is 0 Å². The normalized spacial score (nSPS) is 16.9. The number of aromatic nitrogens is 1. The second-order valence-corrected chi connectivity index (χ2v) is 8.01. The fourth-order valence-corrected chi connectivity index (χ4v) is 3.94. The number of rotatable bonds is 6. The van der Waals surface area contributed by atoms with Gasteiger partial charge in [-0.05, 0) is 42.0 Å². The maximum absolute atomic E-state index is 14.4. The third-order valence-corrected chi connectivity index (χ3v) is 5.66. The van der Waals surface area contributed by atoms with Crippen LogP contribution in [0.1, 0.15) is 12.0 Å². The first kappa shape index (κ1) is 21.7. The van der Waals surface area contributed by atoms with Gasteiger partial charge in [0.05, 0.1) is 12.1 Å². The highest BCUT2D eigenvalue weighted by Crippen LogP contribution is 2.36. The fourth-order valence-electron chi connectivity index (χ4n) is 3.94. The number of fused-ring (bicyclic) bond motifs is 1. The molecule has 0 spiro atoms. The number of carbonyl (C=O) groups excluding carboxylic acids is 2. The van der Waals surface area contributed by atoms with Crippen molar-refractivity contribution < 1.29 is 28.2 Å². The molecule has 3 heterocycles. The monoisotopic (exact) mass is 463 g/mol. The average Bonchev–Trinajstić information content (AvgIpc) is 3.26. The molecule has 2 aromatic carbocycles. The lowest BCUT2D eigenvalue weighted by molar-refractivity contribution is -0.126. The minimum absolute atomic E-state index is 0.0690. The molecule has 5 rings (SSSR count). The third-order valence-electron chi connectivity index (χ3n) is 5.66. The summed E-state index contributed by atoms with van der Waals surface area (Å²) in [6.45, 7) is 1.34. The zero-order valence-corrected chi connectivity index (χ0v) is 18.2. The molecule has 1 unspecified atom stereocenters. The first-order valence-electron chi connectivity index (χ1n) is 10.9. The van der Waals surface area contributed by atoms with E-state index in [1.165, 1.54) is 18.3 Å². The summed E-state index contributed by atoms with van der Waals surface area (Å²) < 4.78 is 31.0. The molecule has 2 aliphatic rings. The van der Waals surface area contributed by atoms with E-state index in [1.807, 2.05) is 0 Å². The van der Waals surface area contributed by atoms with Crippen LogP contribution in [0.5, 0.6) is 23.0 Å². The molecule has 3 aromatic rings. The summed E-state index contributed by atoms with van der Waals surface area (Å²) in [5, 5.41) is 2.80. The second-order valence-electron chi connectivity index (χ2n) is 8.01. The second kappa shape index (κ2) is 9.38. The van der Waals surface area contributed by atoms with Crippen LogP contribution < -0.4 is 24.4 Å². The highest BCUT2D eigenvalue weighted by atomic mass is 19.1. The molecule has 0 radical (unpaired) electrons. The van der Waals surface area contributed by atoms with Crippen LogP contribution in [0.2, 0.25) is 0 Å². The van der Waals surface area contributed by atoms with Crippen LogP contribution in [-0.4, -0.2) is 36.6 Å². The van der Waals surface area contributed by atoms with Crippen molar-refractivity contribution in [2.75, 3.05) is 24.7 Å². The third kappa shape index (κ3) is 4.63. The molecule has 9 heteroatoms. The van der Waals surface area contributed by atoms with Crippen molar-refractivity contribution in [3.05, 3.63) is 72.3 Å². The Balaban J connectivity index is 1.18. The van der Waals surface area contributed by atoms with E-state index in [-0.39, 0.29) is 37.1 Å². The predicted octanol–water partition coefficient (Wildman–Crippen LogP) is 3.45. The molecular weight excluding hydrogens is 441 g/mol. The number of pyridine rings is 1. The Morgan fingerprint density at radius 2 is 2.00 bits per heavy atom. The highest BCUT2D eigenvalue weighted by molar-refractivity contribution is 6.00. The Bertz CT molecular complexity index is 1220. The van der Waals surface area contributed by atoms with Gasteiger partial charge in [-0.1, -0.05) is 6.07 Å². The Morgan fingerprint density at radius 3 is 2.79 bits per heavy atom. The number of nitrogens with one attached hydrogen (secondary N) is 1.